The highest BCUT2D eigenvalue weighted by molar-refractivity contribution is 7.09. The largest absolute Gasteiger partial charge is 0.355 e. The molecular weight excluding hydrogens is 368 g/mol. The predicted molar refractivity (Wildman–Crippen MR) is 115 cm³/mol. The van der Waals surface area contributed by atoms with E-state index in [1.807, 2.05) is 30.0 Å². The molecule has 1 amide bonds. The molecule has 0 aliphatic rings. The highest BCUT2D eigenvalue weighted by Gasteiger charge is 2.17. The number of hydrogen-bond donors (Lipinski definition) is 1. The number of carbonyl (C=O) groups is 1. The van der Waals surface area contributed by atoms with E-state index >= 15 is 0 Å². The zero-order valence-corrected chi connectivity index (χ0v) is 17.2. The molecule has 3 aromatic rings. The zero-order valence-electron chi connectivity index (χ0n) is 16.4. The van der Waals surface area contributed by atoms with Crippen LogP contribution in [-0.2, 0) is 17.8 Å². The highest BCUT2D eigenvalue weighted by Crippen LogP contribution is 2.21. The lowest BCUT2D eigenvalue weighted by molar-refractivity contribution is -0.119. The van der Waals surface area contributed by atoms with Crippen molar-refractivity contribution >= 4 is 22.6 Å². The van der Waals surface area contributed by atoms with E-state index in [2.05, 4.69) is 53.0 Å². The first-order valence-corrected chi connectivity index (χ1v) is 10.3. The quantitative estimate of drug-likeness (QED) is 0.597. The third-order valence-corrected chi connectivity index (χ3v) is 5.15. The Balaban J connectivity index is 1.74. The molecule has 0 bridgehead atoms. The molecule has 0 spiro atoms. The van der Waals surface area contributed by atoms with Gasteiger partial charge in [0.1, 0.15) is 5.82 Å². The van der Waals surface area contributed by atoms with Crippen LogP contribution in [0.4, 0.5) is 5.13 Å². The summed E-state index contributed by atoms with van der Waals surface area (Å²) in [5, 5.41) is 3.72. The van der Waals surface area contributed by atoms with Gasteiger partial charge in [0.2, 0.25) is 11.0 Å². The monoisotopic (exact) mass is 394 g/mol. The summed E-state index contributed by atoms with van der Waals surface area (Å²) < 4.78 is 4.52. The Kier molecular flexibility index (Phi) is 7.14. The summed E-state index contributed by atoms with van der Waals surface area (Å²) in [5.41, 5.74) is 3.56. The van der Waals surface area contributed by atoms with Crippen molar-refractivity contribution in [1.29, 1.82) is 0 Å². The summed E-state index contributed by atoms with van der Waals surface area (Å²) in [6, 6.07) is 18.5. The van der Waals surface area contributed by atoms with Crippen LogP contribution in [0, 0.1) is 6.92 Å². The van der Waals surface area contributed by atoms with Gasteiger partial charge < -0.3 is 10.2 Å². The smallest absolute Gasteiger partial charge is 0.239 e. The number of hydrogen-bond acceptors (Lipinski definition) is 5. The van der Waals surface area contributed by atoms with Crippen LogP contribution in [0.5, 0.6) is 0 Å². The van der Waals surface area contributed by atoms with Crippen molar-refractivity contribution in [3.05, 3.63) is 77.1 Å². The molecular formula is C22H26N4OS. The van der Waals surface area contributed by atoms with Gasteiger partial charge in [0, 0.05) is 31.0 Å². The van der Waals surface area contributed by atoms with Gasteiger partial charge in [0.25, 0.3) is 0 Å². The molecule has 0 radical (unpaired) electrons. The van der Waals surface area contributed by atoms with Gasteiger partial charge >= 0.3 is 0 Å². The van der Waals surface area contributed by atoms with Crippen LogP contribution in [0.3, 0.4) is 0 Å². The normalized spacial score (nSPS) is 10.6. The van der Waals surface area contributed by atoms with Gasteiger partial charge in [-0.1, -0.05) is 67.1 Å². The van der Waals surface area contributed by atoms with E-state index in [1.54, 1.807) is 0 Å². The lowest BCUT2D eigenvalue weighted by Gasteiger charge is -2.21. The summed E-state index contributed by atoms with van der Waals surface area (Å²) >= 11 is 1.35. The molecule has 0 aliphatic heterocycles. The summed E-state index contributed by atoms with van der Waals surface area (Å²) in [7, 11) is 0. The predicted octanol–water partition coefficient (Wildman–Crippen LogP) is 3.97. The fourth-order valence-corrected chi connectivity index (χ4v) is 3.51. The third-order valence-electron chi connectivity index (χ3n) is 4.33. The minimum Gasteiger partial charge on any atom is -0.355 e. The van der Waals surface area contributed by atoms with E-state index in [9.17, 15) is 4.79 Å². The molecule has 28 heavy (non-hydrogen) atoms. The van der Waals surface area contributed by atoms with Crippen molar-refractivity contribution in [2.45, 2.75) is 33.2 Å². The highest BCUT2D eigenvalue weighted by atomic mass is 32.1. The number of benzene rings is 2. The molecule has 1 aromatic heterocycles. The van der Waals surface area contributed by atoms with Crippen molar-refractivity contribution in [2.24, 2.45) is 0 Å². The van der Waals surface area contributed by atoms with Gasteiger partial charge in [-0.3, -0.25) is 4.79 Å². The van der Waals surface area contributed by atoms with Crippen LogP contribution in [0.1, 0.15) is 35.9 Å². The molecule has 0 fully saturated rings. The van der Waals surface area contributed by atoms with Crippen molar-refractivity contribution in [1.82, 2.24) is 14.7 Å². The van der Waals surface area contributed by atoms with Crippen molar-refractivity contribution in [3.63, 3.8) is 0 Å². The van der Waals surface area contributed by atoms with Crippen LogP contribution in [0.2, 0.25) is 0 Å². The average molecular weight is 395 g/mol. The van der Waals surface area contributed by atoms with Crippen molar-refractivity contribution in [3.8, 4) is 0 Å². The van der Waals surface area contributed by atoms with Crippen molar-refractivity contribution < 1.29 is 4.79 Å². The number of anilines is 1. The molecule has 2 aromatic carbocycles. The van der Waals surface area contributed by atoms with Gasteiger partial charge in [0.05, 0.1) is 6.54 Å². The number of nitrogens with one attached hydrogen (secondary N) is 1. The Labute approximate surface area is 170 Å². The summed E-state index contributed by atoms with van der Waals surface area (Å²) in [4.78, 5) is 19.0. The molecule has 5 nitrogen and oxygen atoms in total. The molecule has 0 saturated carbocycles. The zero-order chi connectivity index (χ0) is 19.8. The molecule has 0 saturated heterocycles. The third kappa shape index (κ3) is 5.89. The maximum Gasteiger partial charge on any atom is 0.239 e. The first-order valence-electron chi connectivity index (χ1n) is 9.57. The Bertz CT molecular complexity index is 877. The second-order valence-electron chi connectivity index (χ2n) is 6.85. The number of amides is 1. The first kappa shape index (κ1) is 20.0. The molecule has 146 valence electrons. The maximum absolute atomic E-state index is 12.3. The van der Waals surface area contributed by atoms with Crippen LogP contribution in [0.25, 0.3) is 0 Å². The standard InChI is InChI=1S/C22H26N4OS/c1-3-13-23-21(27)16-26(15-19-7-5-4-6-8-19)22-24-20(25-28-22)14-18-11-9-17(2)10-12-18/h4-12H,3,13-16H2,1-2H3,(H,23,27). The lowest BCUT2D eigenvalue weighted by Crippen LogP contribution is -2.37. The van der Waals surface area contributed by atoms with E-state index < -0.39 is 0 Å². The number of carbonyl (C=O) groups excluding carboxylic acids is 1. The molecule has 0 atom stereocenters. The minimum atomic E-state index is 0.00747. The van der Waals surface area contributed by atoms with Gasteiger partial charge in [-0.2, -0.15) is 4.37 Å². The summed E-state index contributed by atoms with van der Waals surface area (Å²) in [6.45, 7) is 5.71. The Morgan fingerprint density at radius 1 is 1.07 bits per heavy atom. The van der Waals surface area contributed by atoms with Crippen LogP contribution in [0.15, 0.2) is 54.6 Å². The van der Waals surface area contributed by atoms with Crippen LogP contribution in [-0.4, -0.2) is 28.4 Å². The molecule has 3 rings (SSSR count). The van der Waals surface area contributed by atoms with E-state index in [1.165, 1.54) is 22.7 Å². The summed E-state index contributed by atoms with van der Waals surface area (Å²) in [6.07, 6.45) is 1.61. The van der Waals surface area contributed by atoms with E-state index in [-0.39, 0.29) is 12.5 Å². The minimum absolute atomic E-state index is 0.00747. The number of aromatic nitrogens is 2. The molecule has 6 heteroatoms. The molecule has 1 N–H and O–H groups in total. The second kappa shape index (κ2) is 9.99. The number of nitrogens with zero attached hydrogens (tertiary/aromatic N) is 3. The van der Waals surface area contributed by atoms with Crippen LogP contribution >= 0.6 is 11.5 Å². The van der Waals surface area contributed by atoms with Gasteiger partial charge in [-0.25, -0.2) is 4.98 Å². The van der Waals surface area contributed by atoms with E-state index in [4.69, 9.17) is 4.98 Å². The first-order chi connectivity index (χ1) is 13.6. The maximum atomic E-state index is 12.3. The van der Waals surface area contributed by atoms with E-state index in [0.29, 0.717) is 19.5 Å². The Hall–Kier alpha value is -2.73. The molecule has 0 aliphatic carbocycles. The van der Waals surface area contributed by atoms with Gasteiger partial charge in [0.15, 0.2) is 0 Å². The molecule has 1 heterocycles. The number of aryl methyl sites for hydroxylation is 1. The van der Waals surface area contributed by atoms with Crippen LogP contribution < -0.4 is 10.2 Å². The van der Waals surface area contributed by atoms with Gasteiger partial charge in [-0.15, -0.1) is 0 Å². The number of rotatable bonds is 9. The lowest BCUT2D eigenvalue weighted by atomic mass is 10.1. The average Bonchev–Trinajstić information content (AvgIpc) is 3.17. The fourth-order valence-electron chi connectivity index (χ4n) is 2.82. The topological polar surface area (TPSA) is 58.1 Å². The van der Waals surface area contributed by atoms with Crippen molar-refractivity contribution in [2.75, 3.05) is 18.0 Å². The fraction of sp³-hybridized carbons (Fsp3) is 0.318. The van der Waals surface area contributed by atoms with E-state index in [0.717, 1.165) is 22.9 Å². The SMILES string of the molecule is CCCNC(=O)CN(Cc1ccccc1)c1nc(Cc2ccc(C)cc2)ns1. The summed E-state index contributed by atoms with van der Waals surface area (Å²) in [5.74, 6) is 0.795. The second-order valence-corrected chi connectivity index (χ2v) is 7.58. The molecule has 0 unspecified atom stereocenters. The Morgan fingerprint density at radius 3 is 2.54 bits per heavy atom. The van der Waals surface area contributed by atoms with Gasteiger partial charge in [-0.05, 0) is 24.5 Å². The Morgan fingerprint density at radius 2 is 1.82 bits per heavy atom.